The summed E-state index contributed by atoms with van der Waals surface area (Å²) in [6.45, 7) is 9.52. The third-order valence-electron chi connectivity index (χ3n) is 6.01. The summed E-state index contributed by atoms with van der Waals surface area (Å²) in [6.07, 6.45) is 1.92. The number of aryl methyl sites for hydroxylation is 2. The lowest BCUT2D eigenvalue weighted by Crippen LogP contribution is -2.46. The van der Waals surface area contributed by atoms with Gasteiger partial charge in [-0.15, -0.1) is 0 Å². The molecule has 1 aromatic carbocycles. The first-order valence-electron chi connectivity index (χ1n) is 12.5. The van der Waals surface area contributed by atoms with Gasteiger partial charge in [0.2, 0.25) is 5.91 Å². The minimum absolute atomic E-state index is 0.0793. The number of amides is 3. The molecule has 0 unspecified atom stereocenters. The maximum atomic E-state index is 13.3. The first-order chi connectivity index (χ1) is 17.2. The lowest BCUT2D eigenvalue weighted by molar-refractivity contribution is -0.122. The van der Waals surface area contributed by atoms with Gasteiger partial charge >= 0.3 is 0 Å². The minimum atomic E-state index is -0.298. The quantitative estimate of drug-likeness (QED) is 0.646. The molecule has 2 heterocycles. The van der Waals surface area contributed by atoms with Crippen molar-refractivity contribution in [1.82, 2.24) is 25.3 Å². The van der Waals surface area contributed by atoms with Gasteiger partial charge in [0, 0.05) is 30.4 Å². The normalized spacial score (nSPS) is 17.9. The largest absolute Gasteiger partial charge is 0.491 e. The van der Waals surface area contributed by atoms with E-state index in [2.05, 4.69) is 29.6 Å². The molecule has 3 rings (SSSR count). The molecule has 0 saturated heterocycles. The Kier molecular flexibility index (Phi) is 9.75. The first-order valence-corrected chi connectivity index (χ1v) is 12.9. The highest BCUT2D eigenvalue weighted by Crippen LogP contribution is 2.24. The minimum Gasteiger partial charge on any atom is -0.491 e. The van der Waals surface area contributed by atoms with E-state index in [-0.39, 0.29) is 36.9 Å². The van der Waals surface area contributed by atoms with Crippen LogP contribution < -0.4 is 15.4 Å². The van der Waals surface area contributed by atoms with E-state index in [1.54, 1.807) is 28.9 Å². The van der Waals surface area contributed by atoms with Crippen LogP contribution in [0.25, 0.3) is 0 Å². The van der Waals surface area contributed by atoms with Crippen LogP contribution in [0.3, 0.4) is 0 Å². The van der Waals surface area contributed by atoms with Crippen molar-refractivity contribution in [1.29, 1.82) is 0 Å². The molecule has 196 valence electrons. The summed E-state index contributed by atoms with van der Waals surface area (Å²) < 4.78 is 7.76. The Morgan fingerprint density at radius 3 is 2.72 bits per heavy atom. The molecular formula is C26H36ClN5O4. The van der Waals surface area contributed by atoms with Crippen LogP contribution in [0.1, 0.15) is 66.6 Å². The smallest absolute Gasteiger partial charge is 0.274 e. The van der Waals surface area contributed by atoms with Crippen molar-refractivity contribution in [2.75, 3.05) is 26.2 Å². The molecule has 2 N–H and O–H groups in total. The molecule has 2 aromatic rings. The zero-order chi connectivity index (χ0) is 26.2. The second-order valence-electron chi connectivity index (χ2n) is 9.52. The van der Waals surface area contributed by atoms with Crippen molar-refractivity contribution in [3.63, 3.8) is 0 Å². The zero-order valence-electron chi connectivity index (χ0n) is 21.5. The van der Waals surface area contributed by atoms with E-state index < -0.39 is 0 Å². The highest BCUT2D eigenvalue weighted by Gasteiger charge is 2.24. The molecule has 3 amide bonds. The molecule has 1 aliphatic heterocycles. The zero-order valence-corrected chi connectivity index (χ0v) is 22.2. The standard InChI is InChI=1S/C26H36ClN5O4/c1-5-32-18(4)13-22(30-32)26(35)31-11-7-6-10-28-25(34)21-14-19(27)8-9-23(21)36-16-20(12-17(2)3)29-24(33)15-31/h8-9,13-14,17,20H,5-7,10-12,15-16H2,1-4H3,(H,28,34)(H,29,33)/t20-/m0/s1. The molecular weight excluding hydrogens is 482 g/mol. The number of aromatic nitrogens is 2. The molecule has 0 bridgehead atoms. The van der Waals surface area contributed by atoms with E-state index in [1.807, 2.05) is 13.8 Å². The molecule has 0 saturated carbocycles. The number of rotatable bonds is 4. The predicted molar refractivity (Wildman–Crippen MR) is 138 cm³/mol. The van der Waals surface area contributed by atoms with Crippen molar-refractivity contribution in [3.8, 4) is 5.75 Å². The summed E-state index contributed by atoms with van der Waals surface area (Å²) in [5, 5.41) is 10.8. The van der Waals surface area contributed by atoms with Crippen molar-refractivity contribution >= 4 is 29.3 Å². The number of benzene rings is 1. The molecule has 10 heteroatoms. The van der Waals surface area contributed by atoms with Gasteiger partial charge in [0.05, 0.1) is 18.2 Å². The molecule has 36 heavy (non-hydrogen) atoms. The number of hydrogen-bond donors (Lipinski definition) is 2. The van der Waals surface area contributed by atoms with E-state index in [1.165, 1.54) is 4.90 Å². The predicted octanol–water partition coefficient (Wildman–Crippen LogP) is 3.44. The van der Waals surface area contributed by atoms with Crippen LogP contribution in [0.15, 0.2) is 24.3 Å². The second kappa shape index (κ2) is 12.8. The molecule has 0 fully saturated rings. The van der Waals surface area contributed by atoms with Crippen LogP contribution in [0.2, 0.25) is 5.02 Å². The summed E-state index contributed by atoms with van der Waals surface area (Å²) >= 11 is 6.13. The third-order valence-corrected chi connectivity index (χ3v) is 6.24. The summed E-state index contributed by atoms with van der Waals surface area (Å²) in [7, 11) is 0. The number of hydrogen-bond acceptors (Lipinski definition) is 5. The average Bonchev–Trinajstić information content (AvgIpc) is 3.21. The summed E-state index contributed by atoms with van der Waals surface area (Å²) in [4.78, 5) is 40.7. The highest BCUT2D eigenvalue weighted by atomic mass is 35.5. The highest BCUT2D eigenvalue weighted by molar-refractivity contribution is 6.31. The molecule has 1 aliphatic rings. The topological polar surface area (TPSA) is 106 Å². The van der Waals surface area contributed by atoms with Crippen LogP contribution in [-0.2, 0) is 11.3 Å². The van der Waals surface area contributed by atoms with Crippen molar-refractivity contribution in [2.24, 2.45) is 5.92 Å². The first kappa shape index (κ1) is 27.5. The van der Waals surface area contributed by atoms with Crippen LogP contribution in [0.4, 0.5) is 0 Å². The van der Waals surface area contributed by atoms with Gasteiger partial charge in [-0.25, -0.2) is 0 Å². The average molecular weight is 518 g/mol. The number of carbonyl (C=O) groups excluding carboxylic acids is 3. The second-order valence-corrected chi connectivity index (χ2v) is 9.96. The van der Waals surface area contributed by atoms with E-state index in [9.17, 15) is 14.4 Å². The third kappa shape index (κ3) is 7.46. The van der Waals surface area contributed by atoms with Crippen LogP contribution in [0, 0.1) is 12.8 Å². The number of ether oxygens (including phenoxy) is 1. The van der Waals surface area contributed by atoms with Gasteiger partial charge < -0.3 is 20.3 Å². The fourth-order valence-electron chi connectivity index (χ4n) is 4.25. The Labute approximate surface area is 217 Å². The molecule has 1 aromatic heterocycles. The summed E-state index contributed by atoms with van der Waals surface area (Å²) in [6, 6.07) is 6.37. The lowest BCUT2D eigenvalue weighted by atomic mass is 10.0. The Morgan fingerprint density at radius 1 is 1.25 bits per heavy atom. The fraction of sp³-hybridized carbons (Fsp3) is 0.538. The molecule has 0 radical (unpaired) electrons. The van der Waals surface area contributed by atoms with Gasteiger partial charge in [-0.3, -0.25) is 19.1 Å². The van der Waals surface area contributed by atoms with Crippen molar-refractivity contribution < 1.29 is 19.1 Å². The Bertz CT molecular complexity index is 1080. The van der Waals surface area contributed by atoms with Crippen molar-refractivity contribution in [3.05, 3.63) is 46.2 Å². The van der Waals surface area contributed by atoms with E-state index >= 15 is 0 Å². The SMILES string of the molecule is CCn1nc(C(=O)N2CCCCNC(=O)c3cc(Cl)ccc3OC[C@H](CC(C)C)NC(=O)C2)cc1C. The lowest BCUT2D eigenvalue weighted by Gasteiger charge is -2.25. The Balaban J connectivity index is 1.83. The van der Waals surface area contributed by atoms with Crippen LogP contribution >= 0.6 is 11.6 Å². The molecule has 0 spiro atoms. The van der Waals surface area contributed by atoms with E-state index in [4.69, 9.17) is 16.3 Å². The van der Waals surface area contributed by atoms with Gasteiger partial charge in [-0.05, 0) is 63.3 Å². The van der Waals surface area contributed by atoms with Crippen molar-refractivity contribution in [2.45, 2.75) is 59.5 Å². The number of carbonyl (C=O) groups is 3. The van der Waals surface area contributed by atoms with E-state index in [0.717, 1.165) is 5.69 Å². The van der Waals surface area contributed by atoms with Crippen LogP contribution in [0.5, 0.6) is 5.75 Å². The number of nitrogens with one attached hydrogen (secondary N) is 2. The maximum absolute atomic E-state index is 13.3. The monoisotopic (exact) mass is 517 g/mol. The maximum Gasteiger partial charge on any atom is 0.274 e. The van der Waals surface area contributed by atoms with Crippen LogP contribution in [-0.4, -0.2) is 64.7 Å². The summed E-state index contributed by atoms with van der Waals surface area (Å²) in [5.41, 5.74) is 1.56. The molecule has 9 nitrogen and oxygen atoms in total. The fourth-order valence-corrected chi connectivity index (χ4v) is 4.43. The Morgan fingerprint density at radius 2 is 2.03 bits per heavy atom. The van der Waals surface area contributed by atoms with Gasteiger partial charge in [0.15, 0.2) is 5.69 Å². The van der Waals surface area contributed by atoms with Gasteiger partial charge in [0.1, 0.15) is 12.4 Å². The number of nitrogens with zero attached hydrogens (tertiary/aromatic N) is 3. The molecule has 0 aliphatic carbocycles. The van der Waals surface area contributed by atoms with Gasteiger partial charge in [0.25, 0.3) is 11.8 Å². The van der Waals surface area contributed by atoms with E-state index in [0.29, 0.717) is 66.8 Å². The van der Waals surface area contributed by atoms with Gasteiger partial charge in [-0.1, -0.05) is 25.4 Å². The number of fused-ring (bicyclic) bond motifs is 1. The van der Waals surface area contributed by atoms with Gasteiger partial charge in [-0.2, -0.15) is 5.10 Å². The number of halogens is 1. The molecule has 1 atom stereocenters. The Hall–Kier alpha value is -3.07. The summed E-state index contributed by atoms with van der Waals surface area (Å²) in [5.74, 6) is -0.112.